The summed E-state index contributed by atoms with van der Waals surface area (Å²) in [5.41, 5.74) is 6.34. The van der Waals surface area contributed by atoms with E-state index in [0.717, 1.165) is 33.8 Å². The number of carbonyl (C=O) groups is 1. The van der Waals surface area contributed by atoms with Gasteiger partial charge in [0.2, 0.25) is 5.91 Å². The van der Waals surface area contributed by atoms with E-state index in [1.165, 1.54) is 4.52 Å². The number of nitrogens with zero attached hydrogens (tertiary/aromatic N) is 3. The molecule has 0 aliphatic heterocycles. The molecule has 33 heavy (non-hydrogen) atoms. The molecule has 2 aromatic carbocycles. The molecule has 0 aliphatic rings. The average Bonchev–Trinajstić information content (AvgIpc) is 3.26. The number of anilines is 1. The van der Waals surface area contributed by atoms with Gasteiger partial charge in [-0.15, -0.1) is 0 Å². The SMILES string of the molecule is COc1cccc(-c2cc3n(C)c(C)c(CCC(=O)Nc4cc(C)ccc4C)c(=O)n3n2)c1. The third kappa shape index (κ3) is 4.39. The van der Waals surface area contributed by atoms with E-state index in [0.29, 0.717) is 23.3 Å². The Labute approximate surface area is 192 Å². The Bertz CT molecular complexity index is 1420. The second-order valence-electron chi connectivity index (χ2n) is 8.33. The molecule has 0 saturated heterocycles. The Morgan fingerprint density at radius 2 is 1.88 bits per heavy atom. The van der Waals surface area contributed by atoms with Gasteiger partial charge in [-0.1, -0.05) is 24.3 Å². The van der Waals surface area contributed by atoms with Crippen LogP contribution in [-0.2, 0) is 18.3 Å². The summed E-state index contributed by atoms with van der Waals surface area (Å²) in [6, 6.07) is 15.4. The van der Waals surface area contributed by atoms with Crippen molar-refractivity contribution >= 4 is 17.2 Å². The van der Waals surface area contributed by atoms with E-state index in [1.807, 2.05) is 80.9 Å². The number of fused-ring (bicyclic) bond motifs is 1. The van der Waals surface area contributed by atoms with Gasteiger partial charge in [-0.05, 0) is 56.5 Å². The van der Waals surface area contributed by atoms with Crippen molar-refractivity contribution in [2.24, 2.45) is 7.05 Å². The van der Waals surface area contributed by atoms with E-state index in [-0.39, 0.29) is 17.9 Å². The third-order valence-electron chi connectivity index (χ3n) is 6.06. The number of amides is 1. The summed E-state index contributed by atoms with van der Waals surface area (Å²) >= 11 is 0. The summed E-state index contributed by atoms with van der Waals surface area (Å²) in [6.45, 7) is 5.85. The lowest BCUT2D eigenvalue weighted by atomic mass is 10.1. The maximum atomic E-state index is 13.3. The number of aryl methyl sites for hydroxylation is 3. The molecule has 0 spiro atoms. The Morgan fingerprint density at radius 3 is 2.64 bits per heavy atom. The molecule has 0 unspecified atom stereocenters. The van der Waals surface area contributed by atoms with Crippen molar-refractivity contribution in [2.75, 3.05) is 12.4 Å². The maximum absolute atomic E-state index is 13.3. The molecule has 7 nitrogen and oxygen atoms in total. The summed E-state index contributed by atoms with van der Waals surface area (Å²) in [4.78, 5) is 25.9. The summed E-state index contributed by atoms with van der Waals surface area (Å²) in [6.07, 6.45) is 0.540. The van der Waals surface area contributed by atoms with Gasteiger partial charge >= 0.3 is 0 Å². The minimum Gasteiger partial charge on any atom is -0.497 e. The lowest BCUT2D eigenvalue weighted by Crippen LogP contribution is -2.26. The summed E-state index contributed by atoms with van der Waals surface area (Å²) in [5, 5.41) is 7.53. The lowest BCUT2D eigenvalue weighted by molar-refractivity contribution is -0.116. The van der Waals surface area contributed by atoms with Crippen molar-refractivity contribution in [3.8, 4) is 17.0 Å². The number of carbonyl (C=O) groups excluding carboxylic acids is 1. The number of ether oxygens (including phenoxy) is 1. The molecule has 0 aliphatic carbocycles. The molecule has 0 bridgehead atoms. The van der Waals surface area contributed by atoms with Crippen LogP contribution in [0.25, 0.3) is 16.9 Å². The van der Waals surface area contributed by atoms with E-state index in [2.05, 4.69) is 10.4 Å². The minimum absolute atomic E-state index is 0.122. The first-order valence-electron chi connectivity index (χ1n) is 10.9. The number of hydrogen-bond donors (Lipinski definition) is 1. The van der Waals surface area contributed by atoms with Crippen molar-refractivity contribution in [1.29, 1.82) is 0 Å². The fraction of sp³-hybridized carbons (Fsp3) is 0.269. The fourth-order valence-electron chi connectivity index (χ4n) is 3.95. The van der Waals surface area contributed by atoms with Crippen LogP contribution < -0.4 is 15.6 Å². The molecule has 0 fully saturated rings. The van der Waals surface area contributed by atoms with Crippen LogP contribution in [0, 0.1) is 20.8 Å². The molecule has 170 valence electrons. The Kier molecular flexibility index (Phi) is 6.05. The second-order valence-corrected chi connectivity index (χ2v) is 8.33. The fourth-order valence-corrected chi connectivity index (χ4v) is 3.95. The molecule has 1 amide bonds. The predicted molar refractivity (Wildman–Crippen MR) is 130 cm³/mol. The first-order chi connectivity index (χ1) is 15.8. The maximum Gasteiger partial charge on any atom is 0.277 e. The van der Waals surface area contributed by atoms with E-state index in [4.69, 9.17) is 4.74 Å². The molecule has 7 heteroatoms. The van der Waals surface area contributed by atoms with Crippen LogP contribution in [0.5, 0.6) is 5.75 Å². The molecule has 0 radical (unpaired) electrons. The van der Waals surface area contributed by atoms with Crippen LogP contribution in [-0.4, -0.2) is 27.2 Å². The van der Waals surface area contributed by atoms with Gasteiger partial charge in [0.25, 0.3) is 5.56 Å². The topological polar surface area (TPSA) is 77.6 Å². The molecule has 1 N–H and O–H groups in total. The van der Waals surface area contributed by atoms with Crippen molar-refractivity contribution in [1.82, 2.24) is 14.2 Å². The molecule has 2 heterocycles. The Hall–Kier alpha value is -3.87. The van der Waals surface area contributed by atoms with Crippen molar-refractivity contribution in [3.63, 3.8) is 0 Å². The highest BCUT2D eigenvalue weighted by molar-refractivity contribution is 5.91. The molecule has 4 rings (SSSR count). The van der Waals surface area contributed by atoms with Gasteiger partial charge in [0, 0.05) is 42.0 Å². The van der Waals surface area contributed by atoms with Gasteiger partial charge in [0.15, 0.2) is 0 Å². The standard InChI is InChI=1S/C26H28N4O3/c1-16-9-10-17(2)22(13-16)27-24(31)12-11-21-18(3)29(4)25-15-23(28-30(25)26(21)32)19-7-6-8-20(14-19)33-5/h6-10,13-15H,11-12H2,1-5H3,(H,27,31). The van der Waals surface area contributed by atoms with Crippen LogP contribution in [0.1, 0.15) is 28.8 Å². The van der Waals surface area contributed by atoms with Crippen molar-refractivity contribution < 1.29 is 9.53 Å². The normalized spacial score (nSPS) is 11.1. The number of aromatic nitrogens is 3. The zero-order valence-corrected chi connectivity index (χ0v) is 19.6. The molecule has 4 aromatic rings. The summed E-state index contributed by atoms with van der Waals surface area (Å²) in [5.74, 6) is 0.603. The Morgan fingerprint density at radius 1 is 1.09 bits per heavy atom. The molecule has 0 atom stereocenters. The Balaban J connectivity index is 1.62. The van der Waals surface area contributed by atoms with Gasteiger partial charge in [-0.25, -0.2) is 0 Å². The number of benzene rings is 2. The second kappa shape index (κ2) is 8.94. The summed E-state index contributed by atoms with van der Waals surface area (Å²) < 4.78 is 8.66. The highest BCUT2D eigenvalue weighted by Gasteiger charge is 2.17. The smallest absolute Gasteiger partial charge is 0.277 e. The third-order valence-corrected chi connectivity index (χ3v) is 6.06. The number of methoxy groups -OCH3 is 1. The first-order valence-corrected chi connectivity index (χ1v) is 10.9. The van der Waals surface area contributed by atoms with Gasteiger partial charge in [0.05, 0.1) is 12.8 Å². The van der Waals surface area contributed by atoms with E-state index in [9.17, 15) is 9.59 Å². The quantitative estimate of drug-likeness (QED) is 0.483. The van der Waals surface area contributed by atoms with Crippen molar-refractivity contribution in [3.05, 3.63) is 81.3 Å². The zero-order chi connectivity index (χ0) is 23.7. The van der Waals surface area contributed by atoms with Gasteiger partial charge in [-0.3, -0.25) is 9.59 Å². The van der Waals surface area contributed by atoms with Crippen LogP contribution in [0.15, 0.2) is 53.3 Å². The van der Waals surface area contributed by atoms with Gasteiger partial charge < -0.3 is 14.6 Å². The molecule has 0 saturated carbocycles. The average molecular weight is 445 g/mol. The van der Waals surface area contributed by atoms with Gasteiger partial charge in [0.1, 0.15) is 11.4 Å². The molecular weight excluding hydrogens is 416 g/mol. The van der Waals surface area contributed by atoms with Gasteiger partial charge in [-0.2, -0.15) is 9.61 Å². The van der Waals surface area contributed by atoms with Crippen LogP contribution in [0.4, 0.5) is 5.69 Å². The van der Waals surface area contributed by atoms with E-state index >= 15 is 0 Å². The minimum atomic E-state index is -0.200. The number of hydrogen-bond acceptors (Lipinski definition) is 4. The zero-order valence-electron chi connectivity index (χ0n) is 19.6. The van der Waals surface area contributed by atoms with E-state index in [1.54, 1.807) is 7.11 Å². The largest absolute Gasteiger partial charge is 0.497 e. The lowest BCUT2D eigenvalue weighted by Gasteiger charge is -2.13. The highest BCUT2D eigenvalue weighted by atomic mass is 16.5. The monoisotopic (exact) mass is 444 g/mol. The van der Waals surface area contributed by atoms with Crippen molar-refractivity contribution in [2.45, 2.75) is 33.6 Å². The predicted octanol–water partition coefficient (Wildman–Crippen LogP) is 4.21. The van der Waals surface area contributed by atoms with Crippen LogP contribution in [0.3, 0.4) is 0 Å². The highest BCUT2D eigenvalue weighted by Crippen LogP contribution is 2.24. The van der Waals surface area contributed by atoms with E-state index < -0.39 is 0 Å². The number of nitrogens with one attached hydrogen (secondary N) is 1. The van der Waals surface area contributed by atoms with Crippen LogP contribution >= 0.6 is 0 Å². The first kappa shape index (κ1) is 22.3. The molecule has 2 aromatic heterocycles. The summed E-state index contributed by atoms with van der Waals surface area (Å²) in [7, 11) is 3.52. The van der Waals surface area contributed by atoms with Crippen LogP contribution in [0.2, 0.25) is 0 Å². The number of rotatable bonds is 6. The molecular formula is C26H28N4O3.